The summed E-state index contributed by atoms with van der Waals surface area (Å²) in [5, 5.41) is 14.5. The summed E-state index contributed by atoms with van der Waals surface area (Å²) in [6, 6.07) is 21.7. The lowest BCUT2D eigenvalue weighted by molar-refractivity contribution is 0.0923. The number of imidazole rings is 1. The number of halogens is 2. The molecule has 0 fully saturated rings. The molecule has 170 valence electrons. The summed E-state index contributed by atoms with van der Waals surface area (Å²) < 4.78 is 7.64. The molecule has 4 aromatic rings. The number of carbonyl (C=O) groups is 1. The molecule has 6 nitrogen and oxygen atoms in total. The Bertz CT molecular complexity index is 1240. The third kappa shape index (κ3) is 5.85. The van der Waals surface area contributed by atoms with E-state index < -0.39 is 6.10 Å². The zero-order valence-corrected chi connectivity index (χ0v) is 19.3. The fraction of sp³-hybridized carbons (Fsp3) is 0.200. The van der Waals surface area contributed by atoms with Crippen molar-refractivity contribution in [1.82, 2.24) is 14.9 Å². The van der Waals surface area contributed by atoms with Crippen molar-refractivity contribution in [1.29, 1.82) is 0 Å². The van der Waals surface area contributed by atoms with Crippen LogP contribution >= 0.6 is 23.2 Å². The molecule has 0 aliphatic carbocycles. The van der Waals surface area contributed by atoms with E-state index >= 15 is 0 Å². The largest absolute Gasteiger partial charge is 0.489 e. The molecule has 0 saturated carbocycles. The highest BCUT2D eigenvalue weighted by atomic mass is 35.5. The number of aromatic nitrogens is 2. The first-order chi connectivity index (χ1) is 16.0. The van der Waals surface area contributed by atoms with Crippen LogP contribution in [0.15, 0.2) is 72.8 Å². The van der Waals surface area contributed by atoms with Crippen LogP contribution in [0.3, 0.4) is 0 Å². The first-order valence-corrected chi connectivity index (χ1v) is 11.3. The zero-order valence-electron chi connectivity index (χ0n) is 17.7. The Kier molecular flexibility index (Phi) is 7.50. The van der Waals surface area contributed by atoms with Gasteiger partial charge in [0.1, 0.15) is 24.3 Å². The molecule has 1 unspecified atom stereocenters. The monoisotopic (exact) mass is 483 g/mol. The van der Waals surface area contributed by atoms with Gasteiger partial charge < -0.3 is 19.7 Å². The average molecular weight is 484 g/mol. The summed E-state index contributed by atoms with van der Waals surface area (Å²) in [6.45, 7) is 0.735. The van der Waals surface area contributed by atoms with Crippen molar-refractivity contribution >= 4 is 40.1 Å². The Labute approximate surface area is 201 Å². The molecule has 3 aromatic carbocycles. The van der Waals surface area contributed by atoms with Crippen LogP contribution in [0.2, 0.25) is 10.0 Å². The summed E-state index contributed by atoms with van der Waals surface area (Å²) in [5.41, 5.74) is 2.34. The smallest absolute Gasteiger partial charge is 0.251 e. The molecule has 2 N–H and O–H groups in total. The third-order valence-corrected chi connectivity index (χ3v) is 5.67. The SMILES string of the molecule is O=C(NCCc1nc2ccccc2n1CC(O)COc1cc(Cl)ccc1Cl)c1ccccc1. The van der Waals surface area contributed by atoms with Crippen molar-refractivity contribution in [2.45, 2.75) is 19.1 Å². The van der Waals surface area contributed by atoms with E-state index in [1.165, 1.54) is 0 Å². The second-order valence-corrected chi connectivity index (χ2v) is 8.38. The summed E-state index contributed by atoms with van der Waals surface area (Å²) in [6.07, 6.45) is -0.295. The molecule has 0 spiro atoms. The highest BCUT2D eigenvalue weighted by Crippen LogP contribution is 2.28. The molecule has 0 saturated heterocycles. The van der Waals surface area contributed by atoms with Crippen LogP contribution in [-0.4, -0.2) is 39.8 Å². The minimum Gasteiger partial charge on any atom is -0.489 e. The number of hydrogen-bond donors (Lipinski definition) is 2. The van der Waals surface area contributed by atoms with Crippen molar-refractivity contribution in [2.75, 3.05) is 13.2 Å². The van der Waals surface area contributed by atoms with Gasteiger partial charge in [0.05, 0.1) is 22.6 Å². The van der Waals surface area contributed by atoms with Crippen LogP contribution in [-0.2, 0) is 13.0 Å². The van der Waals surface area contributed by atoms with Crippen LogP contribution in [0.1, 0.15) is 16.2 Å². The quantitative estimate of drug-likeness (QED) is 0.360. The molecule has 4 rings (SSSR count). The van der Waals surface area contributed by atoms with Gasteiger partial charge in [-0.3, -0.25) is 4.79 Å². The first-order valence-electron chi connectivity index (χ1n) is 10.5. The second-order valence-electron chi connectivity index (χ2n) is 7.54. The highest BCUT2D eigenvalue weighted by Gasteiger charge is 2.16. The van der Waals surface area contributed by atoms with Gasteiger partial charge in [0.25, 0.3) is 5.91 Å². The Morgan fingerprint density at radius 2 is 1.82 bits per heavy atom. The van der Waals surface area contributed by atoms with Gasteiger partial charge in [0.15, 0.2) is 0 Å². The number of carbonyl (C=O) groups excluding carboxylic acids is 1. The minimum absolute atomic E-state index is 0.0384. The van der Waals surface area contributed by atoms with E-state index in [9.17, 15) is 9.90 Å². The molecule has 0 aliphatic heterocycles. The molecule has 1 aromatic heterocycles. The van der Waals surface area contributed by atoms with E-state index in [0.717, 1.165) is 16.9 Å². The van der Waals surface area contributed by atoms with Crippen LogP contribution < -0.4 is 10.1 Å². The molecular weight excluding hydrogens is 461 g/mol. The number of aliphatic hydroxyl groups excluding tert-OH is 1. The standard InChI is InChI=1S/C25H23Cl2N3O3/c26-18-10-11-20(27)23(14-18)33-16-19(31)15-30-22-9-5-4-8-21(22)29-24(30)12-13-28-25(32)17-6-2-1-3-7-17/h1-11,14,19,31H,12-13,15-16H2,(H,28,32). The number of amides is 1. The molecule has 0 aliphatic rings. The Balaban J connectivity index is 1.43. The number of rotatable bonds is 9. The van der Waals surface area contributed by atoms with E-state index in [-0.39, 0.29) is 19.1 Å². The number of fused-ring (bicyclic) bond motifs is 1. The number of aliphatic hydroxyl groups is 1. The maximum Gasteiger partial charge on any atom is 0.251 e. The lowest BCUT2D eigenvalue weighted by atomic mass is 10.2. The number of benzene rings is 3. The number of para-hydroxylation sites is 2. The predicted octanol–water partition coefficient (Wildman–Crippen LogP) is 4.76. The lowest BCUT2D eigenvalue weighted by Gasteiger charge is -2.16. The molecule has 1 amide bonds. The van der Waals surface area contributed by atoms with Crippen molar-refractivity contribution in [2.24, 2.45) is 0 Å². The average Bonchev–Trinajstić information content (AvgIpc) is 3.17. The normalized spacial score (nSPS) is 12.0. The van der Waals surface area contributed by atoms with Gasteiger partial charge in [-0.2, -0.15) is 0 Å². The van der Waals surface area contributed by atoms with Crippen LogP contribution in [0.5, 0.6) is 5.75 Å². The van der Waals surface area contributed by atoms with Gasteiger partial charge in [-0.15, -0.1) is 0 Å². The van der Waals surface area contributed by atoms with Crippen molar-refractivity contribution in [3.8, 4) is 5.75 Å². The van der Waals surface area contributed by atoms with E-state index in [4.69, 9.17) is 32.9 Å². The topological polar surface area (TPSA) is 76.4 Å². The van der Waals surface area contributed by atoms with Gasteiger partial charge in [0, 0.05) is 29.6 Å². The van der Waals surface area contributed by atoms with Gasteiger partial charge in [0.2, 0.25) is 0 Å². The molecule has 33 heavy (non-hydrogen) atoms. The van der Waals surface area contributed by atoms with E-state index in [2.05, 4.69) is 5.32 Å². The Hall–Kier alpha value is -3.06. The van der Waals surface area contributed by atoms with E-state index in [0.29, 0.717) is 34.3 Å². The molecular formula is C25H23Cl2N3O3. The minimum atomic E-state index is -0.810. The molecule has 0 radical (unpaired) electrons. The summed E-state index contributed by atoms with van der Waals surface area (Å²) in [5.74, 6) is 1.05. The fourth-order valence-corrected chi connectivity index (χ4v) is 3.87. The highest BCUT2D eigenvalue weighted by molar-refractivity contribution is 6.34. The van der Waals surface area contributed by atoms with Gasteiger partial charge in [-0.25, -0.2) is 4.98 Å². The van der Waals surface area contributed by atoms with E-state index in [1.54, 1.807) is 30.3 Å². The van der Waals surface area contributed by atoms with Gasteiger partial charge >= 0.3 is 0 Å². The van der Waals surface area contributed by atoms with E-state index in [1.807, 2.05) is 47.0 Å². The van der Waals surface area contributed by atoms with Crippen LogP contribution in [0.4, 0.5) is 0 Å². The maximum atomic E-state index is 12.3. The fourth-order valence-electron chi connectivity index (χ4n) is 3.54. The Morgan fingerprint density at radius 3 is 2.64 bits per heavy atom. The van der Waals surface area contributed by atoms with Gasteiger partial charge in [-0.05, 0) is 36.4 Å². The lowest BCUT2D eigenvalue weighted by Crippen LogP contribution is -2.28. The maximum absolute atomic E-state index is 12.3. The number of nitrogens with zero attached hydrogens (tertiary/aromatic N) is 2. The first kappa shape index (κ1) is 23.1. The van der Waals surface area contributed by atoms with Crippen molar-refractivity contribution in [3.05, 3.63) is 94.2 Å². The molecule has 0 bridgehead atoms. The number of ether oxygens (including phenoxy) is 1. The Morgan fingerprint density at radius 1 is 1.06 bits per heavy atom. The number of hydrogen-bond acceptors (Lipinski definition) is 4. The zero-order chi connectivity index (χ0) is 23.2. The third-order valence-electron chi connectivity index (χ3n) is 5.12. The van der Waals surface area contributed by atoms with Crippen LogP contribution in [0.25, 0.3) is 11.0 Å². The predicted molar refractivity (Wildman–Crippen MR) is 130 cm³/mol. The summed E-state index contributed by atoms with van der Waals surface area (Å²) >= 11 is 12.1. The summed E-state index contributed by atoms with van der Waals surface area (Å²) in [7, 11) is 0. The van der Waals surface area contributed by atoms with Crippen molar-refractivity contribution < 1.29 is 14.6 Å². The van der Waals surface area contributed by atoms with Gasteiger partial charge in [-0.1, -0.05) is 53.5 Å². The van der Waals surface area contributed by atoms with Crippen molar-refractivity contribution in [3.63, 3.8) is 0 Å². The molecule has 1 atom stereocenters. The molecule has 8 heteroatoms. The van der Waals surface area contributed by atoms with Crippen LogP contribution in [0, 0.1) is 0 Å². The summed E-state index contributed by atoms with van der Waals surface area (Å²) in [4.78, 5) is 17.0. The number of nitrogens with one attached hydrogen (secondary N) is 1. The molecule has 1 heterocycles. The second kappa shape index (κ2) is 10.7.